The number of aromatic amines is 1. The molecule has 102 valence electrons. The molecule has 2 aromatic rings. The number of nitrogens with one attached hydrogen (secondary N) is 2. The third-order valence-electron chi connectivity index (χ3n) is 3.19. The van der Waals surface area contributed by atoms with Crippen molar-refractivity contribution in [1.82, 2.24) is 15.3 Å². The first-order chi connectivity index (χ1) is 9.22. The van der Waals surface area contributed by atoms with Crippen LogP contribution in [0.2, 0.25) is 5.02 Å². The largest absolute Gasteiger partial charge is 0.349 e. The number of aryl methyl sites for hydroxylation is 1. The van der Waals surface area contributed by atoms with Gasteiger partial charge in [0.15, 0.2) is 0 Å². The normalized spacial score (nSPS) is 12.6. The number of benzene rings is 1. The van der Waals surface area contributed by atoms with Crippen LogP contribution in [0.1, 0.15) is 36.3 Å². The Bertz CT molecular complexity index is 508. The van der Waals surface area contributed by atoms with E-state index in [9.17, 15) is 0 Å². The third-order valence-corrected chi connectivity index (χ3v) is 3.71. The lowest BCUT2D eigenvalue weighted by Gasteiger charge is -2.20. The molecule has 0 fully saturated rings. The van der Waals surface area contributed by atoms with Crippen molar-refractivity contribution < 1.29 is 0 Å². The second-order valence-corrected chi connectivity index (χ2v) is 5.10. The summed E-state index contributed by atoms with van der Waals surface area (Å²) in [6.07, 6.45) is 5.54. The smallest absolute Gasteiger partial charge is 0.107 e. The number of nitrogens with zero attached hydrogens (tertiary/aromatic N) is 1. The highest BCUT2D eigenvalue weighted by Gasteiger charge is 2.16. The van der Waals surface area contributed by atoms with Crippen LogP contribution in [-0.2, 0) is 6.42 Å². The summed E-state index contributed by atoms with van der Waals surface area (Å²) in [7, 11) is 0. The number of H-pyrrole nitrogens is 1. The lowest BCUT2D eigenvalue weighted by molar-refractivity contribution is 0.520. The lowest BCUT2D eigenvalue weighted by Crippen LogP contribution is -2.25. The Labute approximate surface area is 119 Å². The van der Waals surface area contributed by atoms with E-state index in [2.05, 4.69) is 34.3 Å². The van der Waals surface area contributed by atoms with Crippen molar-refractivity contribution >= 4 is 11.6 Å². The molecule has 4 heteroatoms. The molecular formula is C15H20ClN3. The average molecular weight is 278 g/mol. The van der Waals surface area contributed by atoms with Gasteiger partial charge in [-0.1, -0.05) is 36.7 Å². The molecule has 0 saturated carbocycles. The number of halogens is 1. The minimum Gasteiger partial charge on any atom is -0.349 e. The first-order valence-electron chi connectivity index (χ1n) is 6.69. The minimum absolute atomic E-state index is 0.193. The summed E-state index contributed by atoms with van der Waals surface area (Å²) in [4.78, 5) is 7.46. The molecule has 0 aliphatic rings. The van der Waals surface area contributed by atoms with Crippen LogP contribution in [-0.4, -0.2) is 16.5 Å². The van der Waals surface area contributed by atoms with E-state index in [1.807, 2.05) is 19.2 Å². The molecule has 1 heterocycles. The topological polar surface area (TPSA) is 40.7 Å². The SMILES string of the molecule is CCCNC(Cc1ncc[nH]1)c1cccc(C)c1Cl. The molecule has 0 aliphatic carbocycles. The van der Waals surface area contributed by atoms with Gasteiger partial charge in [-0.25, -0.2) is 4.98 Å². The van der Waals surface area contributed by atoms with E-state index < -0.39 is 0 Å². The number of imidazole rings is 1. The fraction of sp³-hybridized carbons (Fsp3) is 0.400. The summed E-state index contributed by atoms with van der Waals surface area (Å²) >= 11 is 6.44. The molecule has 19 heavy (non-hydrogen) atoms. The number of hydrogen-bond donors (Lipinski definition) is 2. The second kappa shape index (κ2) is 6.73. The van der Waals surface area contributed by atoms with E-state index in [0.29, 0.717) is 0 Å². The van der Waals surface area contributed by atoms with Gasteiger partial charge in [0.2, 0.25) is 0 Å². The highest BCUT2D eigenvalue weighted by Crippen LogP contribution is 2.27. The van der Waals surface area contributed by atoms with Crippen LogP contribution in [0.25, 0.3) is 0 Å². The monoisotopic (exact) mass is 277 g/mol. The highest BCUT2D eigenvalue weighted by molar-refractivity contribution is 6.32. The van der Waals surface area contributed by atoms with Crippen LogP contribution in [0, 0.1) is 6.92 Å². The predicted octanol–water partition coefficient (Wildman–Crippen LogP) is 3.65. The summed E-state index contributed by atoms with van der Waals surface area (Å²) in [5.74, 6) is 0.978. The van der Waals surface area contributed by atoms with Crippen molar-refractivity contribution in [2.45, 2.75) is 32.7 Å². The Morgan fingerprint density at radius 2 is 2.26 bits per heavy atom. The highest BCUT2D eigenvalue weighted by atomic mass is 35.5. The third kappa shape index (κ3) is 3.58. The maximum atomic E-state index is 6.44. The van der Waals surface area contributed by atoms with Crippen LogP contribution in [0.15, 0.2) is 30.6 Å². The first kappa shape index (κ1) is 14.1. The van der Waals surface area contributed by atoms with Crippen molar-refractivity contribution in [2.24, 2.45) is 0 Å². The van der Waals surface area contributed by atoms with Gasteiger partial charge in [-0.05, 0) is 31.0 Å². The van der Waals surface area contributed by atoms with Crippen molar-refractivity contribution in [1.29, 1.82) is 0 Å². The van der Waals surface area contributed by atoms with Crippen LogP contribution in [0.3, 0.4) is 0 Å². The zero-order valence-electron chi connectivity index (χ0n) is 11.4. The van der Waals surface area contributed by atoms with Crippen molar-refractivity contribution in [3.8, 4) is 0 Å². The van der Waals surface area contributed by atoms with Crippen LogP contribution >= 0.6 is 11.6 Å². The van der Waals surface area contributed by atoms with E-state index in [4.69, 9.17) is 11.6 Å². The van der Waals surface area contributed by atoms with Crippen molar-refractivity contribution in [3.63, 3.8) is 0 Å². The fourth-order valence-corrected chi connectivity index (χ4v) is 2.41. The summed E-state index contributed by atoms with van der Waals surface area (Å²) in [5, 5.41) is 4.40. The van der Waals surface area contributed by atoms with E-state index in [1.165, 1.54) is 0 Å². The molecular weight excluding hydrogens is 258 g/mol. The summed E-state index contributed by atoms with van der Waals surface area (Å²) in [6, 6.07) is 6.37. The molecule has 0 spiro atoms. The van der Waals surface area contributed by atoms with Gasteiger partial charge in [-0.3, -0.25) is 0 Å². The summed E-state index contributed by atoms with van der Waals surface area (Å²) in [6.45, 7) is 5.17. The Balaban J connectivity index is 2.23. The molecule has 1 aromatic carbocycles. The molecule has 1 unspecified atom stereocenters. The Morgan fingerprint density at radius 3 is 2.95 bits per heavy atom. The second-order valence-electron chi connectivity index (χ2n) is 4.72. The van der Waals surface area contributed by atoms with Gasteiger partial charge >= 0.3 is 0 Å². The van der Waals surface area contributed by atoms with Crippen molar-refractivity contribution in [3.05, 3.63) is 52.6 Å². The van der Waals surface area contributed by atoms with Crippen molar-refractivity contribution in [2.75, 3.05) is 6.54 Å². The standard InChI is InChI=1S/C15H20ClN3/c1-3-7-17-13(10-14-18-8-9-19-14)12-6-4-5-11(2)15(12)16/h4-6,8-9,13,17H,3,7,10H2,1-2H3,(H,18,19). The van der Waals surface area contributed by atoms with Crippen LogP contribution in [0.5, 0.6) is 0 Å². The van der Waals surface area contributed by atoms with E-state index >= 15 is 0 Å². The fourth-order valence-electron chi connectivity index (χ4n) is 2.15. The van der Waals surface area contributed by atoms with Gasteiger partial charge < -0.3 is 10.3 Å². The average Bonchev–Trinajstić information content (AvgIpc) is 2.91. The van der Waals surface area contributed by atoms with Gasteiger partial charge in [-0.15, -0.1) is 0 Å². The molecule has 1 aromatic heterocycles. The predicted molar refractivity (Wildman–Crippen MR) is 79.5 cm³/mol. The molecule has 1 atom stereocenters. The molecule has 2 rings (SSSR count). The first-order valence-corrected chi connectivity index (χ1v) is 7.06. The lowest BCUT2D eigenvalue weighted by atomic mass is 10.0. The maximum Gasteiger partial charge on any atom is 0.107 e. The van der Waals surface area contributed by atoms with Gasteiger partial charge in [0.25, 0.3) is 0 Å². The number of rotatable bonds is 6. The van der Waals surface area contributed by atoms with E-state index in [1.54, 1.807) is 6.20 Å². The molecule has 0 radical (unpaired) electrons. The van der Waals surface area contributed by atoms with E-state index in [-0.39, 0.29) is 6.04 Å². The molecule has 0 amide bonds. The molecule has 0 bridgehead atoms. The Morgan fingerprint density at radius 1 is 1.42 bits per heavy atom. The van der Waals surface area contributed by atoms with Gasteiger partial charge in [-0.2, -0.15) is 0 Å². The molecule has 0 saturated heterocycles. The van der Waals surface area contributed by atoms with Crippen LogP contribution < -0.4 is 5.32 Å². The Kier molecular flexibility index (Phi) is 5.00. The zero-order valence-corrected chi connectivity index (χ0v) is 12.2. The molecule has 3 nitrogen and oxygen atoms in total. The zero-order chi connectivity index (χ0) is 13.7. The van der Waals surface area contributed by atoms with E-state index in [0.717, 1.165) is 41.4 Å². The minimum atomic E-state index is 0.193. The van der Waals surface area contributed by atoms with Gasteiger partial charge in [0.05, 0.1) is 0 Å². The number of hydrogen-bond acceptors (Lipinski definition) is 2. The van der Waals surface area contributed by atoms with Gasteiger partial charge in [0.1, 0.15) is 5.82 Å². The quantitative estimate of drug-likeness (QED) is 0.846. The molecule has 0 aliphatic heterocycles. The maximum absolute atomic E-state index is 6.44. The molecule has 2 N–H and O–H groups in total. The van der Waals surface area contributed by atoms with Crippen LogP contribution in [0.4, 0.5) is 0 Å². The summed E-state index contributed by atoms with van der Waals surface area (Å²) < 4.78 is 0. The Hall–Kier alpha value is -1.32. The van der Waals surface area contributed by atoms with Gasteiger partial charge in [0, 0.05) is 29.9 Å². The number of aromatic nitrogens is 2. The summed E-state index contributed by atoms with van der Waals surface area (Å²) in [5.41, 5.74) is 2.26.